The maximum absolute atomic E-state index is 14.4. The molecule has 1 aliphatic rings. The SMILES string of the molecule is N#Cc1ccc(Cn2ncc(NC(=O)Cc3cnc(N4CCCC4)c(F)c3)n2)cc1F. The molecule has 31 heavy (non-hydrogen) atoms. The van der Waals surface area contributed by atoms with Gasteiger partial charge in [-0.1, -0.05) is 6.07 Å². The summed E-state index contributed by atoms with van der Waals surface area (Å²) in [5.41, 5.74) is 0.993. The van der Waals surface area contributed by atoms with E-state index in [1.165, 1.54) is 35.4 Å². The molecule has 1 saturated heterocycles. The normalized spacial score (nSPS) is 13.3. The maximum Gasteiger partial charge on any atom is 0.230 e. The monoisotopic (exact) mass is 423 g/mol. The van der Waals surface area contributed by atoms with Crippen molar-refractivity contribution in [1.29, 1.82) is 5.26 Å². The highest BCUT2D eigenvalue weighted by Gasteiger charge is 2.18. The molecule has 1 aliphatic heterocycles. The lowest BCUT2D eigenvalue weighted by Gasteiger charge is -2.17. The molecule has 0 spiro atoms. The summed E-state index contributed by atoms with van der Waals surface area (Å²) in [6, 6.07) is 7.33. The minimum Gasteiger partial charge on any atom is -0.354 e. The summed E-state index contributed by atoms with van der Waals surface area (Å²) in [6.07, 6.45) is 4.86. The molecule has 1 aromatic carbocycles. The molecule has 0 saturated carbocycles. The minimum absolute atomic E-state index is 0.0375. The van der Waals surface area contributed by atoms with Crippen molar-refractivity contribution in [3.05, 3.63) is 65.0 Å². The Kier molecular flexibility index (Phi) is 5.84. The number of nitrogens with one attached hydrogen (secondary N) is 1. The molecule has 1 N–H and O–H groups in total. The average molecular weight is 423 g/mol. The summed E-state index contributed by atoms with van der Waals surface area (Å²) >= 11 is 0. The Labute approximate surface area is 177 Å². The van der Waals surface area contributed by atoms with Gasteiger partial charge in [-0.25, -0.2) is 13.8 Å². The zero-order valence-electron chi connectivity index (χ0n) is 16.6. The van der Waals surface area contributed by atoms with Crippen molar-refractivity contribution >= 4 is 17.5 Å². The second-order valence-electron chi connectivity index (χ2n) is 7.25. The number of aromatic nitrogens is 4. The Balaban J connectivity index is 1.35. The van der Waals surface area contributed by atoms with Gasteiger partial charge in [0.2, 0.25) is 5.91 Å². The van der Waals surface area contributed by atoms with Crippen LogP contribution in [0.3, 0.4) is 0 Å². The first-order valence-electron chi connectivity index (χ1n) is 9.79. The van der Waals surface area contributed by atoms with E-state index < -0.39 is 11.6 Å². The van der Waals surface area contributed by atoms with Crippen molar-refractivity contribution in [2.24, 2.45) is 0 Å². The van der Waals surface area contributed by atoms with Gasteiger partial charge in [0, 0.05) is 19.3 Å². The maximum atomic E-state index is 14.4. The average Bonchev–Trinajstić information content (AvgIpc) is 3.41. The van der Waals surface area contributed by atoms with Crippen LogP contribution in [0.2, 0.25) is 0 Å². The highest BCUT2D eigenvalue weighted by molar-refractivity contribution is 5.91. The number of carbonyl (C=O) groups excluding carboxylic acids is 1. The van der Waals surface area contributed by atoms with Crippen molar-refractivity contribution in [2.75, 3.05) is 23.3 Å². The number of nitriles is 1. The molecule has 0 radical (unpaired) electrons. The van der Waals surface area contributed by atoms with Crippen molar-refractivity contribution < 1.29 is 13.6 Å². The summed E-state index contributed by atoms with van der Waals surface area (Å²) < 4.78 is 28.1. The predicted molar refractivity (Wildman–Crippen MR) is 108 cm³/mol. The number of anilines is 2. The van der Waals surface area contributed by atoms with Gasteiger partial charge in [-0.3, -0.25) is 4.79 Å². The third kappa shape index (κ3) is 4.83. The number of hydrogen-bond donors (Lipinski definition) is 1. The summed E-state index contributed by atoms with van der Waals surface area (Å²) in [5.74, 6) is -0.887. The molecule has 4 rings (SSSR count). The third-order valence-electron chi connectivity index (χ3n) is 4.93. The van der Waals surface area contributed by atoms with Crippen LogP contribution < -0.4 is 10.2 Å². The highest BCUT2D eigenvalue weighted by atomic mass is 19.1. The van der Waals surface area contributed by atoms with Crippen LogP contribution in [-0.4, -0.2) is 39.0 Å². The lowest BCUT2D eigenvalue weighted by atomic mass is 10.1. The molecule has 10 heteroatoms. The Morgan fingerprint density at radius 1 is 1.13 bits per heavy atom. The van der Waals surface area contributed by atoms with Gasteiger partial charge in [0.05, 0.1) is 24.7 Å². The van der Waals surface area contributed by atoms with Crippen molar-refractivity contribution in [1.82, 2.24) is 20.0 Å². The zero-order chi connectivity index (χ0) is 21.8. The standard InChI is InChI=1S/C21H19F2N7O/c22-17-7-14(3-4-16(17)10-24)13-30-26-12-19(28-30)27-20(31)9-15-8-18(23)21(25-11-15)29-5-1-2-6-29/h3-4,7-8,11-12H,1-2,5-6,9,13H2,(H,27,28,31). The van der Waals surface area contributed by atoms with E-state index >= 15 is 0 Å². The zero-order valence-corrected chi connectivity index (χ0v) is 16.6. The van der Waals surface area contributed by atoms with Crippen LogP contribution >= 0.6 is 0 Å². The number of nitrogens with zero attached hydrogens (tertiary/aromatic N) is 6. The largest absolute Gasteiger partial charge is 0.354 e. The third-order valence-corrected chi connectivity index (χ3v) is 4.93. The van der Waals surface area contributed by atoms with Gasteiger partial charge in [-0.05, 0) is 42.2 Å². The molecule has 2 aromatic heterocycles. The van der Waals surface area contributed by atoms with Gasteiger partial charge >= 0.3 is 0 Å². The first-order valence-corrected chi connectivity index (χ1v) is 9.79. The molecule has 158 valence electrons. The molecular formula is C21H19F2N7O. The van der Waals surface area contributed by atoms with Crippen LogP contribution in [0.15, 0.2) is 36.7 Å². The summed E-state index contributed by atoms with van der Waals surface area (Å²) in [6.45, 7) is 1.74. The van der Waals surface area contributed by atoms with E-state index in [-0.39, 0.29) is 30.3 Å². The number of benzene rings is 1. The number of hydrogen-bond acceptors (Lipinski definition) is 6. The molecule has 8 nitrogen and oxygen atoms in total. The Hall–Kier alpha value is -3.87. The van der Waals surface area contributed by atoms with Gasteiger partial charge in [-0.2, -0.15) is 15.2 Å². The van der Waals surface area contributed by atoms with E-state index in [0.717, 1.165) is 25.9 Å². The van der Waals surface area contributed by atoms with Crippen molar-refractivity contribution in [2.45, 2.75) is 25.8 Å². The summed E-state index contributed by atoms with van der Waals surface area (Å²) in [4.78, 5) is 19.7. The van der Waals surface area contributed by atoms with Crippen LogP contribution in [0.5, 0.6) is 0 Å². The molecule has 0 atom stereocenters. The van der Waals surface area contributed by atoms with E-state index in [1.807, 2.05) is 4.90 Å². The van der Waals surface area contributed by atoms with E-state index in [2.05, 4.69) is 20.5 Å². The molecule has 3 heterocycles. The Morgan fingerprint density at radius 2 is 1.90 bits per heavy atom. The highest BCUT2D eigenvalue weighted by Crippen LogP contribution is 2.22. The predicted octanol–water partition coefficient (Wildman–Crippen LogP) is 2.65. The fourth-order valence-electron chi connectivity index (χ4n) is 3.44. The Morgan fingerprint density at radius 3 is 2.61 bits per heavy atom. The lowest BCUT2D eigenvalue weighted by Crippen LogP contribution is -2.21. The lowest BCUT2D eigenvalue weighted by molar-refractivity contribution is -0.115. The number of rotatable bonds is 6. The van der Waals surface area contributed by atoms with Gasteiger partial charge in [0.25, 0.3) is 0 Å². The van der Waals surface area contributed by atoms with E-state index in [9.17, 15) is 13.6 Å². The Bertz CT molecular complexity index is 1150. The molecule has 0 aliphatic carbocycles. The smallest absolute Gasteiger partial charge is 0.230 e. The molecule has 3 aromatic rings. The van der Waals surface area contributed by atoms with Gasteiger partial charge < -0.3 is 10.2 Å². The van der Waals surface area contributed by atoms with Gasteiger partial charge in [0.15, 0.2) is 17.5 Å². The van der Waals surface area contributed by atoms with Crippen LogP contribution in [0.4, 0.5) is 20.4 Å². The molecular weight excluding hydrogens is 404 g/mol. The second kappa shape index (κ2) is 8.87. The van der Waals surface area contributed by atoms with Gasteiger partial charge in [0.1, 0.15) is 11.9 Å². The van der Waals surface area contributed by atoms with Crippen LogP contribution in [0.25, 0.3) is 0 Å². The van der Waals surface area contributed by atoms with Crippen molar-refractivity contribution in [3.8, 4) is 6.07 Å². The van der Waals surface area contributed by atoms with Crippen molar-refractivity contribution in [3.63, 3.8) is 0 Å². The van der Waals surface area contributed by atoms with Gasteiger partial charge in [-0.15, -0.1) is 5.10 Å². The van der Waals surface area contributed by atoms with Crippen LogP contribution in [0.1, 0.15) is 29.5 Å². The second-order valence-corrected chi connectivity index (χ2v) is 7.25. The molecule has 1 fully saturated rings. The van der Waals surface area contributed by atoms with Crippen LogP contribution in [-0.2, 0) is 17.8 Å². The summed E-state index contributed by atoms with van der Waals surface area (Å²) in [5, 5.41) is 19.6. The minimum atomic E-state index is -0.614. The van der Waals surface area contributed by atoms with E-state index in [1.54, 1.807) is 12.1 Å². The summed E-state index contributed by atoms with van der Waals surface area (Å²) in [7, 11) is 0. The number of amides is 1. The number of halogens is 2. The number of pyridine rings is 1. The topological polar surface area (TPSA) is 99.7 Å². The van der Waals surface area contributed by atoms with E-state index in [4.69, 9.17) is 5.26 Å². The molecule has 1 amide bonds. The van der Waals surface area contributed by atoms with Crippen LogP contribution in [0, 0.1) is 23.0 Å². The quantitative estimate of drug-likeness (QED) is 0.654. The number of carbonyl (C=O) groups is 1. The first-order chi connectivity index (χ1) is 15.0. The molecule has 0 bridgehead atoms. The fourth-order valence-corrected chi connectivity index (χ4v) is 3.44. The first kappa shape index (κ1) is 20.4. The van der Waals surface area contributed by atoms with E-state index in [0.29, 0.717) is 16.9 Å². The molecule has 0 unspecified atom stereocenters. The fraction of sp³-hybridized carbons (Fsp3) is 0.286.